The maximum atomic E-state index is 12.2. The highest BCUT2D eigenvalue weighted by molar-refractivity contribution is 8.14. The van der Waals surface area contributed by atoms with Gasteiger partial charge in [-0.2, -0.15) is 0 Å². The summed E-state index contributed by atoms with van der Waals surface area (Å²) in [4.78, 5) is 15.7. The largest absolute Gasteiger partial charge is 0.497 e. The van der Waals surface area contributed by atoms with Gasteiger partial charge in [0, 0.05) is 21.1 Å². The Morgan fingerprint density at radius 3 is 2.55 bits per heavy atom. The lowest BCUT2D eigenvalue weighted by Crippen LogP contribution is -1.93. The van der Waals surface area contributed by atoms with E-state index in [-0.39, 0.29) is 5.12 Å². The number of methoxy groups -OCH3 is 1. The van der Waals surface area contributed by atoms with Gasteiger partial charge in [-0.3, -0.25) is 4.79 Å². The fraction of sp³-hybridized carbons (Fsp3) is 0.0714. The standard InChI is InChI=1S/C14H11N3O2S/c1-19-10-6-8-11(9-7-10)20-14(18)12-4-2-3-5-13(12)16-17-15/h2-9H,1H3. The first-order valence-electron chi connectivity index (χ1n) is 5.75. The molecule has 0 saturated carbocycles. The Hall–Kier alpha value is -2.43. The Balaban J connectivity index is 2.21. The predicted molar refractivity (Wildman–Crippen MR) is 78.4 cm³/mol. The third-order valence-electron chi connectivity index (χ3n) is 2.55. The highest BCUT2D eigenvalue weighted by atomic mass is 32.2. The van der Waals surface area contributed by atoms with Crippen LogP contribution in [0.15, 0.2) is 58.5 Å². The molecule has 20 heavy (non-hydrogen) atoms. The zero-order valence-electron chi connectivity index (χ0n) is 10.7. The predicted octanol–water partition coefficient (Wildman–Crippen LogP) is 4.57. The Morgan fingerprint density at radius 2 is 1.90 bits per heavy atom. The molecule has 0 unspecified atom stereocenters. The quantitative estimate of drug-likeness (QED) is 0.357. The van der Waals surface area contributed by atoms with Crippen molar-refractivity contribution in [1.29, 1.82) is 0 Å². The number of hydrogen-bond acceptors (Lipinski definition) is 4. The molecule has 0 N–H and O–H groups in total. The Bertz CT molecular complexity index is 664. The van der Waals surface area contributed by atoms with Crippen LogP contribution >= 0.6 is 11.8 Å². The molecule has 6 heteroatoms. The average Bonchev–Trinajstić information content (AvgIpc) is 2.49. The third kappa shape index (κ3) is 3.32. The van der Waals surface area contributed by atoms with Crippen molar-refractivity contribution in [2.24, 2.45) is 5.11 Å². The SMILES string of the molecule is COc1ccc(SC(=O)c2ccccc2N=[N+]=[N-])cc1. The number of carbonyl (C=O) groups is 1. The number of azide groups is 1. The highest BCUT2D eigenvalue weighted by Gasteiger charge is 2.11. The number of benzene rings is 2. The zero-order valence-corrected chi connectivity index (χ0v) is 11.5. The number of thioether (sulfide) groups is 1. The minimum Gasteiger partial charge on any atom is -0.497 e. The van der Waals surface area contributed by atoms with Gasteiger partial charge in [-0.25, -0.2) is 0 Å². The monoisotopic (exact) mass is 285 g/mol. The summed E-state index contributed by atoms with van der Waals surface area (Å²) in [7, 11) is 1.59. The van der Waals surface area contributed by atoms with E-state index in [0.29, 0.717) is 11.3 Å². The van der Waals surface area contributed by atoms with E-state index in [1.807, 2.05) is 0 Å². The summed E-state index contributed by atoms with van der Waals surface area (Å²) < 4.78 is 5.06. The van der Waals surface area contributed by atoms with Gasteiger partial charge in [0.05, 0.1) is 7.11 Å². The second-order valence-electron chi connectivity index (χ2n) is 3.77. The summed E-state index contributed by atoms with van der Waals surface area (Å²) in [5.74, 6) is 0.733. The van der Waals surface area contributed by atoms with Gasteiger partial charge < -0.3 is 4.74 Å². The smallest absolute Gasteiger partial charge is 0.224 e. The fourth-order valence-corrected chi connectivity index (χ4v) is 2.36. The van der Waals surface area contributed by atoms with Crippen molar-refractivity contribution in [2.45, 2.75) is 4.90 Å². The lowest BCUT2D eigenvalue weighted by atomic mass is 10.2. The van der Waals surface area contributed by atoms with E-state index in [1.54, 1.807) is 55.6 Å². The van der Waals surface area contributed by atoms with Gasteiger partial charge in [0.25, 0.3) is 0 Å². The van der Waals surface area contributed by atoms with Crippen LogP contribution in [0.4, 0.5) is 5.69 Å². The zero-order chi connectivity index (χ0) is 14.4. The first-order valence-corrected chi connectivity index (χ1v) is 6.56. The Labute approximate surface area is 120 Å². The van der Waals surface area contributed by atoms with Crippen molar-refractivity contribution in [3.8, 4) is 5.75 Å². The van der Waals surface area contributed by atoms with E-state index in [0.717, 1.165) is 22.4 Å². The van der Waals surface area contributed by atoms with Crippen LogP contribution in [-0.4, -0.2) is 12.2 Å². The van der Waals surface area contributed by atoms with Gasteiger partial charge in [-0.15, -0.1) is 0 Å². The van der Waals surface area contributed by atoms with E-state index in [1.165, 1.54) is 0 Å². The summed E-state index contributed by atoms with van der Waals surface area (Å²) in [5.41, 5.74) is 9.23. The van der Waals surface area contributed by atoms with Gasteiger partial charge in [-0.1, -0.05) is 29.4 Å². The molecule has 0 aromatic heterocycles. The van der Waals surface area contributed by atoms with Crippen molar-refractivity contribution in [3.63, 3.8) is 0 Å². The van der Waals surface area contributed by atoms with Crippen molar-refractivity contribution in [1.82, 2.24) is 0 Å². The van der Waals surface area contributed by atoms with Crippen LogP contribution in [0.5, 0.6) is 5.75 Å². The van der Waals surface area contributed by atoms with Gasteiger partial charge in [0.1, 0.15) is 5.75 Å². The fourth-order valence-electron chi connectivity index (χ4n) is 1.59. The van der Waals surface area contributed by atoms with Gasteiger partial charge in [0.2, 0.25) is 5.12 Å². The van der Waals surface area contributed by atoms with Crippen molar-refractivity contribution in [2.75, 3.05) is 7.11 Å². The molecule has 0 aliphatic rings. The molecule has 0 amide bonds. The molecule has 2 rings (SSSR count). The second-order valence-corrected chi connectivity index (χ2v) is 4.82. The average molecular weight is 285 g/mol. The number of nitrogens with zero attached hydrogens (tertiary/aromatic N) is 3. The van der Waals surface area contributed by atoms with Crippen LogP contribution < -0.4 is 4.74 Å². The summed E-state index contributed by atoms with van der Waals surface area (Å²) in [6.07, 6.45) is 0. The van der Waals surface area contributed by atoms with Gasteiger partial charge in [0.15, 0.2) is 0 Å². The van der Waals surface area contributed by atoms with E-state index in [2.05, 4.69) is 10.0 Å². The van der Waals surface area contributed by atoms with Crippen molar-refractivity contribution >= 4 is 22.6 Å². The minimum atomic E-state index is -0.168. The maximum absolute atomic E-state index is 12.2. The van der Waals surface area contributed by atoms with Gasteiger partial charge in [-0.05, 0) is 41.6 Å². The molecule has 0 radical (unpaired) electrons. The van der Waals surface area contributed by atoms with E-state index >= 15 is 0 Å². The topological polar surface area (TPSA) is 75.1 Å². The molecule has 0 atom stereocenters. The summed E-state index contributed by atoms with van der Waals surface area (Å²) in [5, 5.41) is 3.35. The molecule has 0 saturated heterocycles. The minimum absolute atomic E-state index is 0.168. The van der Waals surface area contributed by atoms with Crippen LogP contribution in [-0.2, 0) is 0 Å². The molecule has 0 bridgehead atoms. The molecule has 0 fully saturated rings. The summed E-state index contributed by atoms with van der Waals surface area (Å²) >= 11 is 1.08. The van der Waals surface area contributed by atoms with Crippen molar-refractivity contribution < 1.29 is 9.53 Å². The Kier molecular flexibility index (Phi) is 4.65. The van der Waals surface area contributed by atoms with Crippen LogP contribution in [0.2, 0.25) is 0 Å². The molecule has 0 heterocycles. The summed E-state index contributed by atoms with van der Waals surface area (Å²) in [6, 6.07) is 13.9. The van der Waals surface area contributed by atoms with Crippen molar-refractivity contribution in [3.05, 3.63) is 64.5 Å². The van der Waals surface area contributed by atoms with Crippen LogP contribution in [0.1, 0.15) is 10.4 Å². The molecule has 2 aromatic rings. The molecule has 5 nitrogen and oxygen atoms in total. The second kappa shape index (κ2) is 6.65. The molecule has 0 spiro atoms. The molecule has 2 aromatic carbocycles. The highest BCUT2D eigenvalue weighted by Crippen LogP contribution is 2.29. The third-order valence-corrected chi connectivity index (χ3v) is 3.46. The lowest BCUT2D eigenvalue weighted by Gasteiger charge is -2.04. The van der Waals surface area contributed by atoms with E-state index in [4.69, 9.17) is 10.3 Å². The van der Waals surface area contributed by atoms with E-state index in [9.17, 15) is 4.79 Å². The molecular formula is C14H11N3O2S. The maximum Gasteiger partial charge on any atom is 0.224 e. The Morgan fingerprint density at radius 1 is 1.20 bits per heavy atom. The van der Waals surface area contributed by atoms with Crippen LogP contribution in [0.3, 0.4) is 0 Å². The molecule has 0 aliphatic carbocycles. The molecule has 0 aliphatic heterocycles. The van der Waals surface area contributed by atoms with E-state index < -0.39 is 0 Å². The molecule has 100 valence electrons. The lowest BCUT2D eigenvalue weighted by molar-refractivity contribution is 0.108. The first-order chi connectivity index (χ1) is 9.74. The van der Waals surface area contributed by atoms with Gasteiger partial charge >= 0.3 is 0 Å². The van der Waals surface area contributed by atoms with Crippen LogP contribution in [0, 0.1) is 0 Å². The number of ether oxygens (including phenoxy) is 1. The summed E-state index contributed by atoms with van der Waals surface area (Å²) in [6.45, 7) is 0. The normalized spacial score (nSPS) is 9.65. The first kappa shape index (κ1) is 14.0. The number of carbonyl (C=O) groups excluding carboxylic acids is 1. The number of rotatable bonds is 4. The number of hydrogen-bond donors (Lipinski definition) is 0. The molecular weight excluding hydrogens is 274 g/mol. The van der Waals surface area contributed by atoms with Crippen LogP contribution in [0.25, 0.3) is 10.4 Å².